The van der Waals surface area contributed by atoms with E-state index in [4.69, 9.17) is 10.8 Å². The molecule has 29 heavy (non-hydrogen) atoms. The van der Waals surface area contributed by atoms with E-state index in [0.29, 0.717) is 6.29 Å². The number of aliphatic hydroxyl groups excluding tert-OH is 1. The predicted molar refractivity (Wildman–Crippen MR) is 134 cm³/mol. The maximum absolute atomic E-state index is 9.25. The number of rotatable bonds is 5. The van der Waals surface area contributed by atoms with Crippen LogP contribution < -0.4 is 16.4 Å². The van der Waals surface area contributed by atoms with Gasteiger partial charge in [-0.1, -0.05) is 39.0 Å². The monoisotopic (exact) mass is 411 g/mol. The highest BCUT2D eigenvalue weighted by Gasteiger charge is 1.95. The molecule has 0 fully saturated rings. The SMILES string of the molecule is C=C.C=CCNC.CC.CC(C)(C)N.CC(O)C=O.CCc1ccc(NC)cc1. The van der Waals surface area contributed by atoms with Crippen LogP contribution in [0.5, 0.6) is 0 Å². The molecule has 0 aliphatic heterocycles. The van der Waals surface area contributed by atoms with Gasteiger partial charge >= 0.3 is 0 Å². The van der Waals surface area contributed by atoms with E-state index >= 15 is 0 Å². The van der Waals surface area contributed by atoms with E-state index in [0.717, 1.165) is 13.0 Å². The van der Waals surface area contributed by atoms with E-state index in [9.17, 15) is 4.79 Å². The third-order valence-electron chi connectivity index (χ3n) is 2.20. The van der Waals surface area contributed by atoms with Crippen LogP contribution in [-0.2, 0) is 11.2 Å². The Morgan fingerprint density at radius 2 is 1.48 bits per heavy atom. The Balaban J connectivity index is -0.0000000880. The smallest absolute Gasteiger partial charge is 0.148 e. The van der Waals surface area contributed by atoms with Crippen molar-refractivity contribution in [3.63, 3.8) is 0 Å². The summed E-state index contributed by atoms with van der Waals surface area (Å²) in [6.45, 7) is 23.9. The first-order valence-corrected chi connectivity index (χ1v) is 10.00. The first-order chi connectivity index (χ1) is 13.5. The number of aldehydes is 1. The first-order valence-electron chi connectivity index (χ1n) is 10.00. The van der Waals surface area contributed by atoms with Gasteiger partial charge in [-0.15, -0.1) is 19.7 Å². The van der Waals surface area contributed by atoms with Crippen molar-refractivity contribution in [1.82, 2.24) is 5.32 Å². The zero-order valence-electron chi connectivity index (χ0n) is 20.5. The van der Waals surface area contributed by atoms with Gasteiger partial charge in [0.2, 0.25) is 0 Å². The summed E-state index contributed by atoms with van der Waals surface area (Å²) in [6, 6.07) is 8.48. The van der Waals surface area contributed by atoms with E-state index in [-0.39, 0.29) is 5.54 Å². The minimum atomic E-state index is -0.796. The molecule has 0 heterocycles. The highest BCUT2D eigenvalue weighted by atomic mass is 16.3. The molecule has 1 rings (SSSR count). The molecule has 1 unspecified atom stereocenters. The van der Waals surface area contributed by atoms with Crippen LogP contribution in [0.1, 0.15) is 54.0 Å². The molecule has 1 aromatic carbocycles. The average Bonchev–Trinajstić information content (AvgIpc) is 2.71. The number of nitrogens with two attached hydrogens (primary N) is 1. The Morgan fingerprint density at radius 3 is 1.62 bits per heavy atom. The molecule has 0 spiro atoms. The van der Waals surface area contributed by atoms with Gasteiger partial charge in [0.05, 0.1) is 0 Å². The van der Waals surface area contributed by atoms with Gasteiger partial charge in [-0.3, -0.25) is 0 Å². The van der Waals surface area contributed by atoms with Gasteiger partial charge in [0.1, 0.15) is 12.4 Å². The molecule has 0 saturated carbocycles. The number of aryl methyl sites for hydroxylation is 1. The topological polar surface area (TPSA) is 87.4 Å². The molecule has 0 bridgehead atoms. The lowest BCUT2D eigenvalue weighted by molar-refractivity contribution is -0.114. The summed E-state index contributed by atoms with van der Waals surface area (Å²) in [6.07, 6.45) is 2.61. The van der Waals surface area contributed by atoms with Crippen molar-refractivity contribution in [2.75, 3.05) is 26.0 Å². The quantitative estimate of drug-likeness (QED) is 0.412. The van der Waals surface area contributed by atoms with Crippen LogP contribution in [0.25, 0.3) is 0 Å². The first kappa shape index (κ1) is 37.8. The van der Waals surface area contributed by atoms with E-state index in [1.165, 1.54) is 18.2 Å². The number of aliphatic hydroxyl groups is 1. The lowest BCUT2D eigenvalue weighted by atomic mass is 10.1. The number of hydrogen-bond acceptors (Lipinski definition) is 5. The summed E-state index contributed by atoms with van der Waals surface area (Å²) in [7, 11) is 3.82. The molecule has 0 aromatic heterocycles. The van der Waals surface area contributed by atoms with E-state index < -0.39 is 6.10 Å². The highest BCUT2D eigenvalue weighted by molar-refractivity contribution is 5.54. The zero-order chi connectivity index (χ0) is 24.3. The Kier molecular flexibility index (Phi) is 40.1. The van der Waals surface area contributed by atoms with Crippen LogP contribution in [-0.4, -0.2) is 43.7 Å². The highest BCUT2D eigenvalue weighted by Crippen LogP contribution is 2.08. The minimum absolute atomic E-state index is 0. The van der Waals surface area contributed by atoms with Crippen LogP contribution in [0.2, 0.25) is 0 Å². The van der Waals surface area contributed by atoms with Crippen molar-refractivity contribution in [2.45, 2.75) is 66.5 Å². The average molecular weight is 412 g/mol. The molecule has 0 aliphatic carbocycles. The molecule has 0 amide bonds. The lowest BCUT2D eigenvalue weighted by Crippen LogP contribution is -2.26. The van der Waals surface area contributed by atoms with Crippen molar-refractivity contribution < 1.29 is 9.90 Å². The molecule has 0 aliphatic rings. The summed E-state index contributed by atoms with van der Waals surface area (Å²) < 4.78 is 0. The van der Waals surface area contributed by atoms with Crippen LogP contribution >= 0.6 is 0 Å². The van der Waals surface area contributed by atoms with Gasteiger partial charge in [0.15, 0.2) is 0 Å². The van der Waals surface area contributed by atoms with Crippen LogP contribution in [0.3, 0.4) is 0 Å². The maximum Gasteiger partial charge on any atom is 0.148 e. The molecule has 5 nitrogen and oxygen atoms in total. The molecule has 5 heteroatoms. The van der Waals surface area contributed by atoms with Crippen LogP contribution in [0, 0.1) is 0 Å². The summed E-state index contributed by atoms with van der Waals surface area (Å²) in [4.78, 5) is 9.25. The van der Waals surface area contributed by atoms with E-state index in [2.05, 4.69) is 61.6 Å². The number of carbonyl (C=O) groups excluding carboxylic acids is 1. The van der Waals surface area contributed by atoms with Crippen molar-refractivity contribution in [2.24, 2.45) is 5.73 Å². The maximum atomic E-state index is 9.25. The molecular weight excluding hydrogens is 362 g/mol. The van der Waals surface area contributed by atoms with Crippen LogP contribution in [0.4, 0.5) is 5.69 Å². The molecular formula is C24H49N3O2. The summed E-state index contributed by atoms with van der Waals surface area (Å²) in [5.74, 6) is 0. The molecule has 0 radical (unpaired) electrons. The lowest BCUT2D eigenvalue weighted by Gasteiger charge is -2.06. The molecule has 0 saturated heterocycles. The fourth-order valence-electron chi connectivity index (χ4n) is 1.05. The number of nitrogens with one attached hydrogen (secondary N) is 2. The van der Waals surface area contributed by atoms with Gasteiger partial charge < -0.3 is 26.3 Å². The Morgan fingerprint density at radius 1 is 1.14 bits per heavy atom. The standard InChI is InChI=1S/C9H13N.C4H11N.C4H9N.C3H6O2.C2H6.C2H4/c1-3-8-4-6-9(10-2)7-5-8;1-4(2,3)5;1-3-4-5-2;1-3(5)2-4;2*1-2/h4-7,10H,3H2,1-2H3;5H2,1-3H3;3,5H,1,4H2,2H3;2-3,5H,1H3;1-2H3;1-2H2. The molecule has 1 aromatic rings. The number of carbonyl (C=O) groups is 1. The van der Waals surface area contributed by atoms with Gasteiger partial charge in [-0.25, -0.2) is 0 Å². The fraction of sp³-hybridized carbons (Fsp3) is 0.542. The zero-order valence-corrected chi connectivity index (χ0v) is 20.5. The summed E-state index contributed by atoms with van der Waals surface area (Å²) in [5, 5.41) is 14.0. The minimum Gasteiger partial charge on any atom is -0.388 e. The predicted octanol–water partition coefficient (Wildman–Crippen LogP) is 4.82. The summed E-state index contributed by atoms with van der Waals surface area (Å²) in [5.41, 5.74) is 7.92. The fourth-order valence-corrected chi connectivity index (χ4v) is 1.05. The van der Waals surface area contributed by atoms with E-state index in [1.54, 1.807) is 0 Å². The van der Waals surface area contributed by atoms with Crippen molar-refractivity contribution in [3.8, 4) is 0 Å². The third-order valence-corrected chi connectivity index (χ3v) is 2.20. The Bertz CT molecular complexity index is 396. The molecule has 172 valence electrons. The third kappa shape index (κ3) is 58.5. The van der Waals surface area contributed by atoms with Gasteiger partial charge in [-0.05, 0) is 58.9 Å². The Labute approximate surface area is 181 Å². The number of anilines is 1. The molecule has 5 N–H and O–H groups in total. The summed E-state index contributed by atoms with van der Waals surface area (Å²) >= 11 is 0. The largest absolute Gasteiger partial charge is 0.388 e. The van der Waals surface area contributed by atoms with Gasteiger partial charge in [-0.2, -0.15) is 0 Å². The van der Waals surface area contributed by atoms with Crippen molar-refractivity contribution in [3.05, 3.63) is 55.6 Å². The van der Waals surface area contributed by atoms with Gasteiger partial charge in [0, 0.05) is 24.8 Å². The Hall–Kier alpha value is -1.95. The van der Waals surface area contributed by atoms with Crippen molar-refractivity contribution in [1.29, 1.82) is 0 Å². The van der Waals surface area contributed by atoms with Crippen molar-refractivity contribution >= 4 is 12.0 Å². The second kappa shape index (κ2) is 30.8. The van der Waals surface area contributed by atoms with Crippen LogP contribution in [0.15, 0.2) is 50.1 Å². The van der Waals surface area contributed by atoms with Gasteiger partial charge in [0.25, 0.3) is 0 Å². The normalized spacial score (nSPS) is 9.34. The number of likely N-dealkylation sites (N-methyl/N-ethyl adjacent to an activating group) is 1. The molecule has 1 atom stereocenters. The van der Waals surface area contributed by atoms with E-state index in [1.807, 2.05) is 54.8 Å². The second-order valence-electron chi connectivity index (χ2n) is 6.39. The second-order valence-corrected chi connectivity index (χ2v) is 6.39. The number of hydrogen-bond donors (Lipinski definition) is 4. The number of benzene rings is 1.